The lowest BCUT2D eigenvalue weighted by Gasteiger charge is -2.34. The Morgan fingerprint density at radius 1 is 1.12 bits per heavy atom. The molecule has 0 radical (unpaired) electrons. The Balaban J connectivity index is 1.57. The van der Waals surface area contributed by atoms with Gasteiger partial charge in [0.2, 0.25) is 5.91 Å². The van der Waals surface area contributed by atoms with Crippen molar-refractivity contribution >= 4 is 17.8 Å². The Hall–Kier alpha value is -3.13. The molecule has 1 aromatic heterocycles. The minimum atomic E-state index is -0.474. The highest BCUT2D eigenvalue weighted by atomic mass is 16.6. The number of esters is 1. The number of H-pyrrole nitrogens is 1. The molecule has 8 heteroatoms. The van der Waals surface area contributed by atoms with E-state index in [1.807, 2.05) is 42.2 Å². The van der Waals surface area contributed by atoms with Gasteiger partial charge in [-0.2, -0.15) is 0 Å². The fourth-order valence-electron chi connectivity index (χ4n) is 4.53. The summed E-state index contributed by atoms with van der Waals surface area (Å²) in [6.07, 6.45) is 2.13. The molecule has 184 valence electrons. The topological polar surface area (TPSA) is 101 Å². The maximum Gasteiger partial charge on any atom is 0.340 e. The van der Waals surface area contributed by atoms with Gasteiger partial charge in [-0.1, -0.05) is 37.3 Å². The molecule has 3 rings (SSSR count). The van der Waals surface area contributed by atoms with Crippen molar-refractivity contribution in [3.8, 4) is 0 Å². The van der Waals surface area contributed by atoms with Crippen molar-refractivity contribution in [2.75, 3.05) is 33.4 Å². The molecule has 0 bridgehead atoms. The first kappa shape index (κ1) is 25.5. The number of nitrogens with one attached hydrogen (secondary N) is 2. The van der Waals surface area contributed by atoms with Crippen LogP contribution in [0.15, 0.2) is 30.3 Å². The van der Waals surface area contributed by atoms with Gasteiger partial charge in [0, 0.05) is 31.9 Å². The number of aromatic nitrogens is 1. The van der Waals surface area contributed by atoms with Crippen LogP contribution in [0.3, 0.4) is 0 Å². The Labute approximate surface area is 201 Å². The quantitative estimate of drug-likeness (QED) is 0.433. The number of carbonyl (C=O) groups is 3. The molecule has 1 saturated heterocycles. The molecule has 0 saturated carbocycles. The van der Waals surface area contributed by atoms with Crippen LogP contribution in [0.25, 0.3) is 0 Å². The number of carbonyl (C=O) groups excluding carboxylic acids is 3. The van der Waals surface area contributed by atoms with Gasteiger partial charge in [0.25, 0.3) is 5.91 Å². The van der Waals surface area contributed by atoms with Crippen molar-refractivity contribution in [1.82, 2.24) is 15.2 Å². The molecule has 1 aliphatic rings. The number of rotatable bonds is 9. The number of methoxy groups -OCH3 is 1. The molecule has 2 N–H and O–H groups in total. The Morgan fingerprint density at radius 2 is 1.79 bits per heavy atom. The first-order valence-corrected chi connectivity index (χ1v) is 11.9. The summed E-state index contributed by atoms with van der Waals surface area (Å²) in [5.41, 5.74) is 2.95. The predicted molar refractivity (Wildman–Crippen MR) is 129 cm³/mol. The van der Waals surface area contributed by atoms with Crippen molar-refractivity contribution in [1.29, 1.82) is 0 Å². The normalized spacial score (nSPS) is 15.1. The number of nitrogens with zero attached hydrogens (tertiary/aromatic N) is 1. The van der Waals surface area contributed by atoms with E-state index < -0.39 is 5.97 Å². The van der Waals surface area contributed by atoms with Gasteiger partial charge < -0.3 is 24.7 Å². The average Bonchev–Trinajstić information content (AvgIpc) is 3.14. The predicted octanol–water partition coefficient (Wildman–Crippen LogP) is 3.35. The molecule has 2 amide bonds. The second-order valence-electron chi connectivity index (χ2n) is 8.70. The molecule has 2 heterocycles. The van der Waals surface area contributed by atoms with E-state index in [-0.39, 0.29) is 30.4 Å². The number of benzene rings is 1. The Bertz CT molecular complexity index is 993. The first-order chi connectivity index (χ1) is 16.4. The summed E-state index contributed by atoms with van der Waals surface area (Å²) in [4.78, 5) is 43.4. The van der Waals surface area contributed by atoms with Gasteiger partial charge in [0.1, 0.15) is 12.3 Å². The molecule has 1 aliphatic heterocycles. The van der Waals surface area contributed by atoms with E-state index in [0.29, 0.717) is 55.1 Å². The molecule has 1 unspecified atom stereocenters. The lowest BCUT2D eigenvalue weighted by molar-refractivity contribution is -0.134. The van der Waals surface area contributed by atoms with Crippen molar-refractivity contribution in [3.63, 3.8) is 0 Å². The highest BCUT2D eigenvalue weighted by molar-refractivity contribution is 6.00. The van der Waals surface area contributed by atoms with E-state index in [4.69, 9.17) is 9.47 Å². The monoisotopic (exact) mass is 469 g/mol. The van der Waals surface area contributed by atoms with E-state index >= 15 is 0 Å². The number of piperidine rings is 1. The minimum Gasteiger partial charge on any atom is -0.460 e. The maximum atomic E-state index is 13.1. The molecule has 2 aromatic rings. The Kier molecular flexibility index (Phi) is 8.87. The van der Waals surface area contributed by atoms with Gasteiger partial charge in [-0.3, -0.25) is 9.59 Å². The summed E-state index contributed by atoms with van der Waals surface area (Å²) < 4.78 is 10.1. The molecule has 1 fully saturated rings. The number of hydrogen-bond donors (Lipinski definition) is 2. The molecule has 34 heavy (non-hydrogen) atoms. The van der Waals surface area contributed by atoms with Gasteiger partial charge in [-0.05, 0) is 44.2 Å². The fourth-order valence-corrected chi connectivity index (χ4v) is 4.53. The van der Waals surface area contributed by atoms with Crippen LogP contribution in [0, 0.1) is 13.8 Å². The average molecular weight is 470 g/mol. The largest absolute Gasteiger partial charge is 0.460 e. The highest BCUT2D eigenvalue weighted by Gasteiger charge is 2.30. The molecular weight excluding hydrogens is 434 g/mol. The fraction of sp³-hybridized carbons (Fsp3) is 0.500. The molecule has 1 atom stereocenters. The molecule has 0 spiro atoms. The number of aromatic amines is 1. The standard InChI is InChI=1S/C26H35N3O5/c1-5-21(19-9-7-6-8-10-19)25(31)29-13-11-20(12-14-29)28-24(30)23-17(2)22(18(3)27-23)26(32)34-16-15-33-4/h6-10,20-21,27H,5,11-16H2,1-4H3,(H,28,30). The molecule has 1 aromatic carbocycles. The van der Waals surface area contributed by atoms with Gasteiger partial charge in [-0.15, -0.1) is 0 Å². The third-order valence-corrected chi connectivity index (χ3v) is 6.44. The summed E-state index contributed by atoms with van der Waals surface area (Å²) in [6, 6.07) is 9.84. The number of hydrogen-bond acceptors (Lipinski definition) is 5. The lowest BCUT2D eigenvalue weighted by Crippen LogP contribution is -2.47. The summed E-state index contributed by atoms with van der Waals surface area (Å²) in [7, 11) is 1.54. The van der Waals surface area contributed by atoms with E-state index in [1.54, 1.807) is 13.8 Å². The lowest BCUT2D eigenvalue weighted by atomic mass is 9.93. The van der Waals surface area contributed by atoms with Crippen LogP contribution < -0.4 is 5.32 Å². The number of aryl methyl sites for hydroxylation is 1. The summed E-state index contributed by atoms with van der Waals surface area (Å²) in [5.74, 6) is -0.722. The third kappa shape index (κ3) is 5.86. The zero-order valence-corrected chi connectivity index (χ0v) is 20.5. The van der Waals surface area contributed by atoms with Crippen LogP contribution in [0.4, 0.5) is 0 Å². The van der Waals surface area contributed by atoms with E-state index in [0.717, 1.165) is 12.0 Å². The zero-order valence-electron chi connectivity index (χ0n) is 20.5. The highest BCUT2D eigenvalue weighted by Crippen LogP contribution is 2.25. The third-order valence-electron chi connectivity index (χ3n) is 6.44. The zero-order chi connectivity index (χ0) is 24.7. The van der Waals surface area contributed by atoms with Gasteiger partial charge in [0.15, 0.2) is 0 Å². The van der Waals surface area contributed by atoms with Crippen LogP contribution in [-0.4, -0.2) is 67.1 Å². The SMILES string of the molecule is CCC(C(=O)N1CCC(NC(=O)c2[nH]c(C)c(C(=O)OCCOC)c2C)CC1)c1ccccc1. The van der Waals surface area contributed by atoms with E-state index in [2.05, 4.69) is 10.3 Å². The van der Waals surface area contributed by atoms with E-state index in [9.17, 15) is 14.4 Å². The number of amides is 2. The first-order valence-electron chi connectivity index (χ1n) is 11.9. The molecule has 0 aliphatic carbocycles. The maximum absolute atomic E-state index is 13.1. The number of ether oxygens (including phenoxy) is 2. The summed E-state index contributed by atoms with van der Waals surface area (Å²) in [5, 5.41) is 3.06. The molecule has 8 nitrogen and oxygen atoms in total. The molecular formula is C26H35N3O5. The van der Waals surface area contributed by atoms with Crippen LogP contribution in [0.2, 0.25) is 0 Å². The van der Waals surface area contributed by atoms with Crippen molar-refractivity contribution in [3.05, 3.63) is 58.4 Å². The summed E-state index contributed by atoms with van der Waals surface area (Å²) >= 11 is 0. The van der Waals surface area contributed by atoms with Crippen molar-refractivity contribution in [2.45, 2.75) is 52.0 Å². The van der Waals surface area contributed by atoms with Gasteiger partial charge in [0.05, 0.1) is 18.1 Å². The second-order valence-corrected chi connectivity index (χ2v) is 8.70. The van der Waals surface area contributed by atoms with Crippen LogP contribution >= 0.6 is 0 Å². The Morgan fingerprint density at radius 3 is 2.41 bits per heavy atom. The number of likely N-dealkylation sites (tertiary alicyclic amines) is 1. The smallest absolute Gasteiger partial charge is 0.340 e. The van der Waals surface area contributed by atoms with Crippen LogP contribution in [0.5, 0.6) is 0 Å². The van der Waals surface area contributed by atoms with Gasteiger partial charge >= 0.3 is 5.97 Å². The van der Waals surface area contributed by atoms with E-state index in [1.165, 1.54) is 7.11 Å². The van der Waals surface area contributed by atoms with Crippen LogP contribution in [0.1, 0.15) is 69.8 Å². The van der Waals surface area contributed by atoms with Crippen molar-refractivity contribution < 1.29 is 23.9 Å². The second kappa shape index (κ2) is 11.8. The minimum absolute atomic E-state index is 0.0338. The summed E-state index contributed by atoms with van der Waals surface area (Å²) in [6.45, 7) is 7.19. The van der Waals surface area contributed by atoms with Gasteiger partial charge in [-0.25, -0.2) is 4.79 Å². The van der Waals surface area contributed by atoms with Crippen molar-refractivity contribution in [2.24, 2.45) is 0 Å². The van der Waals surface area contributed by atoms with Crippen LogP contribution in [-0.2, 0) is 14.3 Å².